The summed E-state index contributed by atoms with van der Waals surface area (Å²) in [5.74, 6) is 0. The smallest absolute Gasteiger partial charge is 0.0655 e. The Morgan fingerprint density at radius 3 is 1.62 bits per heavy atom. The van der Waals surface area contributed by atoms with E-state index in [4.69, 9.17) is 0 Å². The van der Waals surface area contributed by atoms with Crippen molar-refractivity contribution in [2.45, 2.75) is 0 Å². The Balaban J connectivity index is 0.000000948. The lowest BCUT2D eigenvalue weighted by Gasteiger charge is -2.19. The van der Waals surface area contributed by atoms with Crippen molar-refractivity contribution in [2.75, 3.05) is 19.6 Å². The normalized spacial score (nSPS) is 13.1. The molecule has 2 nitrogen and oxygen atoms in total. The summed E-state index contributed by atoms with van der Waals surface area (Å²) in [5.41, 5.74) is 7.40. The van der Waals surface area contributed by atoms with E-state index in [2.05, 4.69) is 107 Å². The molecule has 4 rings (SSSR count). The minimum atomic E-state index is 0.808. The molecule has 0 saturated carbocycles. The van der Waals surface area contributed by atoms with Gasteiger partial charge in [0.25, 0.3) is 0 Å². The van der Waals surface area contributed by atoms with Crippen LogP contribution in [0, 0.1) is 0 Å². The van der Waals surface area contributed by atoms with E-state index < -0.39 is 0 Å². The second-order valence-corrected chi connectivity index (χ2v) is 5.96. The number of halogens is 1. The minimum absolute atomic E-state index is 0.808. The molecule has 0 bridgehead atoms. The fourth-order valence-corrected chi connectivity index (χ4v) is 3.07. The van der Waals surface area contributed by atoms with Gasteiger partial charge in [-0.05, 0) is 52.1 Å². The van der Waals surface area contributed by atoms with Crippen LogP contribution in [0.25, 0.3) is 28.0 Å². The van der Waals surface area contributed by atoms with Gasteiger partial charge in [-0.2, -0.15) is 0 Å². The van der Waals surface area contributed by atoms with Crippen molar-refractivity contribution < 1.29 is 0 Å². The van der Waals surface area contributed by atoms with Crippen LogP contribution in [0.15, 0.2) is 84.9 Å². The Morgan fingerprint density at radius 2 is 1.15 bits per heavy atom. The SMILES string of the molecule is C1=C(c2cc(-c3ccccc3)cc(-c3ccccc3)c2)NCNC1.CCl. The fraction of sp³-hybridized carbons (Fsp3) is 0.130. The van der Waals surface area contributed by atoms with Gasteiger partial charge in [0.15, 0.2) is 0 Å². The Labute approximate surface area is 160 Å². The molecule has 1 aliphatic heterocycles. The highest BCUT2D eigenvalue weighted by atomic mass is 35.5. The molecule has 3 heteroatoms. The van der Waals surface area contributed by atoms with Crippen molar-refractivity contribution in [1.29, 1.82) is 0 Å². The van der Waals surface area contributed by atoms with Gasteiger partial charge in [0, 0.05) is 18.6 Å². The lowest BCUT2D eigenvalue weighted by molar-refractivity contribution is 0.682. The molecule has 0 aliphatic carbocycles. The van der Waals surface area contributed by atoms with Crippen LogP contribution in [0.5, 0.6) is 0 Å². The van der Waals surface area contributed by atoms with Gasteiger partial charge < -0.3 is 5.32 Å². The predicted octanol–water partition coefficient (Wildman–Crippen LogP) is 5.37. The van der Waals surface area contributed by atoms with Gasteiger partial charge in [-0.25, -0.2) is 0 Å². The maximum absolute atomic E-state index is 4.64. The largest absolute Gasteiger partial charge is 0.372 e. The lowest BCUT2D eigenvalue weighted by Crippen LogP contribution is -2.32. The molecule has 0 unspecified atom stereocenters. The van der Waals surface area contributed by atoms with Crippen molar-refractivity contribution >= 4 is 17.3 Å². The van der Waals surface area contributed by atoms with Crippen LogP contribution < -0.4 is 10.6 Å². The van der Waals surface area contributed by atoms with Crippen LogP contribution in [-0.4, -0.2) is 19.6 Å². The Kier molecular flexibility index (Phi) is 6.48. The maximum Gasteiger partial charge on any atom is 0.0655 e. The molecule has 0 saturated heterocycles. The van der Waals surface area contributed by atoms with Gasteiger partial charge >= 0.3 is 0 Å². The summed E-state index contributed by atoms with van der Waals surface area (Å²) in [6.45, 7) is 1.71. The summed E-state index contributed by atoms with van der Waals surface area (Å²) < 4.78 is 0. The molecule has 2 N–H and O–H groups in total. The van der Waals surface area contributed by atoms with Crippen LogP contribution in [0.3, 0.4) is 0 Å². The van der Waals surface area contributed by atoms with Crippen LogP contribution in [-0.2, 0) is 0 Å². The first-order valence-electron chi connectivity index (χ1n) is 8.69. The molecule has 1 heterocycles. The number of hydrogen-bond acceptors (Lipinski definition) is 2. The molecule has 0 amide bonds. The zero-order chi connectivity index (χ0) is 18.2. The highest BCUT2D eigenvalue weighted by Crippen LogP contribution is 2.30. The summed E-state index contributed by atoms with van der Waals surface area (Å²) in [5, 5.41) is 6.73. The first-order chi connectivity index (χ1) is 12.9. The van der Waals surface area contributed by atoms with E-state index in [9.17, 15) is 0 Å². The zero-order valence-electron chi connectivity index (χ0n) is 14.9. The summed E-state index contributed by atoms with van der Waals surface area (Å²) in [6.07, 6.45) is 3.68. The van der Waals surface area contributed by atoms with Gasteiger partial charge in [0.1, 0.15) is 0 Å². The van der Waals surface area contributed by atoms with Crippen LogP contribution in [0.2, 0.25) is 0 Å². The molecule has 0 spiro atoms. The second-order valence-electron chi connectivity index (χ2n) is 5.96. The third-order valence-corrected chi connectivity index (χ3v) is 4.31. The molecular weight excluding hydrogens is 340 g/mol. The van der Waals surface area contributed by atoms with E-state index in [1.54, 1.807) is 0 Å². The molecule has 0 fully saturated rings. The molecule has 0 aromatic heterocycles. The highest BCUT2D eigenvalue weighted by Gasteiger charge is 2.10. The summed E-state index contributed by atoms with van der Waals surface area (Å²) in [7, 11) is 0. The number of alkyl halides is 1. The van der Waals surface area contributed by atoms with E-state index in [-0.39, 0.29) is 0 Å². The standard InChI is InChI=1S/C22H20N2.CH3Cl/c1-3-7-17(8-4-1)19-13-20(18-9-5-2-6-10-18)15-21(14-19)22-11-12-23-16-24-22;1-2/h1-11,13-15,23-24H,12,16H2;1H3. The van der Waals surface area contributed by atoms with Crippen molar-refractivity contribution in [3.05, 3.63) is 90.5 Å². The topological polar surface area (TPSA) is 24.1 Å². The molecule has 26 heavy (non-hydrogen) atoms. The molecular formula is C23H23ClN2. The van der Waals surface area contributed by atoms with Gasteiger partial charge in [-0.3, -0.25) is 5.32 Å². The van der Waals surface area contributed by atoms with Gasteiger partial charge in [-0.15, -0.1) is 11.6 Å². The zero-order valence-corrected chi connectivity index (χ0v) is 15.6. The van der Waals surface area contributed by atoms with Crippen LogP contribution in [0.1, 0.15) is 5.56 Å². The third-order valence-electron chi connectivity index (χ3n) is 4.31. The molecule has 0 radical (unpaired) electrons. The minimum Gasteiger partial charge on any atom is -0.372 e. The van der Waals surface area contributed by atoms with Crippen LogP contribution >= 0.6 is 11.6 Å². The van der Waals surface area contributed by atoms with Crippen molar-refractivity contribution in [2.24, 2.45) is 0 Å². The summed E-state index contributed by atoms with van der Waals surface area (Å²) >= 11 is 4.64. The Morgan fingerprint density at radius 1 is 0.654 bits per heavy atom. The monoisotopic (exact) mass is 362 g/mol. The quantitative estimate of drug-likeness (QED) is 0.612. The predicted molar refractivity (Wildman–Crippen MR) is 113 cm³/mol. The fourth-order valence-electron chi connectivity index (χ4n) is 3.07. The van der Waals surface area contributed by atoms with E-state index in [1.165, 1.54) is 39.9 Å². The number of benzene rings is 3. The molecule has 0 atom stereocenters. The molecule has 3 aromatic rings. The second kappa shape index (κ2) is 9.23. The van der Waals surface area contributed by atoms with Crippen molar-refractivity contribution in [3.8, 4) is 22.3 Å². The van der Waals surface area contributed by atoms with Crippen LogP contribution in [0.4, 0.5) is 0 Å². The summed E-state index contributed by atoms with van der Waals surface area (Å²) in [6, 6.07) is 27.9. The summed E-state index contributed by atoms with van der Waals surface area (Å²) in [4.78, 5) is 0. The van der Waals surface area contributed by atoms with Gasteiger partial charge in [0.05, 0.1) is 6.67 Å². The average Bonchev–Trinajstić information content (AvgIpc) is 2.77. The molecule has 132 valence electrons. The van der Waals surface area contributed by atoms with E-state index in [0.29, 0.717) is 0 Å². The molecule has 1 aliphatic rings. The first-order valence-corrected chi connectivity index (χ1v) is 9.44. The van der Waals surface area contributed by atoms with Gasteiger partial charge in [0.2, 0.25) is 0 Å². The maximum atomic E-state index is 4.64. The van der Waals surface area contributed by atoms with E-state index >= 15 is 0 Å². The van der Waals surface area contributed by atoms with Crippen molar-refractivity contribution in [1.82, 2.24) is 10.6 Å². The highest BCUT2D eigenvalue weighted by molar-refractivity contribution is 6.15. The average molecular weight is 363 g/mol. The van der Waals surface area contributed by atoms with E-state index in [0.717, 1.165) is 13.2 Å². The third kappa shape index (κ3) is 4.34. The van der Waals surface area contributed by atoms with Gasteiger partial charge in [-0.1, -0.05) is 60.7 Å². The number of nitrogens with one attached hydrogen (secondary N) is 2. The number of hydrogen-bond donors (Lipinski definition) is 2. The number of rotatable bonds is 3. The first kappa shape index (κ1) is 18.2. The Bertz CT molecular complexity index is 800. The molecule has 3 aromatic carbocycles. The lowest BCUT2D eigenvalue weighted by atomic mass is 9.95. The van der Waals surface area contributed by atoms with Crippen molar-refractivity contribution in [3.63, 3.8) is 0 Å². The Hall–Kier alpha value is -2.55. The van der Waals surface area contributed by atoms with E-state index in [1.807, 2.05) is 0 Å².